The zero-order valence-electron chi connectivity index (χ0n) is 12.7. The highest BCUT2D eigenvalue weighted by atomic mass is 19.4. The van der Waals surface area contributed by atoms with Gasteiger partial charge in [-0.15, -0.1) is 0 Å². The normalized spacial score (nSPS) is 18.4. The summed E-state index contributed by atoms with van der Waals surface area (Å²) in [5.41, 5.74) is -0.642. The van der Waals surface area contributed by atoms with Crippen LogP contribution in [0.3, 0.4) is 0 Å². The van der Waals surface area contributed by atoms with Crippen molar-refractivity contribution in [1.29, 1.82) is 0 Å². The lowest BCUT2D eigenvalue weighted by atomic mass is 9.94. The fraction of sp³-hybridized carbons (Fsp3) is 0.625. The van der Waals surface area contributed by atoms with Gasteiger partial charge in [-0.05, 0) is 24.1 Å². The Morgan fingerprint density at radius 1 is 1.23 bits per heavy atom. The van der Waals surface area contributed by atoms with Crippen LogP contribution < -0.4 is 5.32 Å². The van der Waals surface area contributed by atoms with Gasteiger partial charge in [0, 0.05) is 32.2 Å². The number of hydrogen-bond donors (Lipinski definition) is 1. The molecule has 1 heterocycles. The number of hydrogen-bond acceptors (Lipinski definition) is 2. The predicted octanol–water partition coefficient (Wildman–Crippen LogP) is 3.98. The van der Waals surface area contributed by atoms with Crippen LogP contribution in [-0.2, 0) is 6.18 Å². The third kappa shape index (κ3) is 4.20. The largest absolute Gasteiger partial charge is 0.416 e. The molecule has 124 valence electrons. The molecule has 1 aromatic rings. The van der Waals surface area contributed by atoms with Crippen molar-refractivity contribution in [2.45, 2.75) is 38.4 Å². The molecule has 1 fully saturated rings. The van der Waals surface area contributed by atoms with Crippen molar-refractivity contribution in [2.24, 2.45) is 0 Å². The molecule has 0 saturated carbocycles. The van der Waals surface area contributed by atoms with E-state index in [1.807, 2.05) is 6.92 Å². The molecule has 1 saturated heterocycles. The van der Waals surface area contributed by atoms with Crippen LogP contribution in [0, 0.1) is 5.82 Å². The molecular weight excluding hydrogens is 296 g/mol. The molecule has 6 heteroatoms. The quantitative estimate of drug-likeness (QED) is 0.826. The summed E-state index contributed by atoms with van der Waals surface area (Å²) >= 11 is 0. The zero-order chi connectivity index (χ0) is 16.2. The van der Waals surface area contributed by atoms with Crippen molar-refractivity contribution in [3.8, 4) is 0 Å². The van der Waals surface area contributed by atoms with Crippen molar-refractivity contribution < 1.29 is 17.6 Å². The van der Waals surface area contributed by atoms with Gasteiger partial charge in [-0.25, -0.2) is 4.39 Å². The number of alkyl halides is 3. The third-order valence-electron chi connectivity index (χ3n) is 4.10. The van der Waals surface area contributed by atoms with E-state index < -0.39 is 17.6 Å². The minimum atomic E-state index is -4.53. The van der Waals surface area contributed by atoms with Gasteiger partial charge in [0.2, 0.25) is 0 Å². The summed E-state index contributed by atoms with van der Waals surface area (Å²) in [5.74, 6) is -0.842. The minimum absolute atomic E-state index is 0.198. The summed E-state index contributed by atoms with van der Waals surface area (Å²) in [5, 5.41) is 3.21. The summed E-state index contributed by atoms with van der Waals surface area (Å²) in [7, 11) is 0. The first kappa shape index (κ1) is 17.2. The summed E-state index contributed by atoms with van der Waals surface area (Å²) in [6.45, 7) is 4.98. The first-order valence-corrected chi connectivity index (χ1v) is 7.75. The number of benzene rings is 1. The summed E-state index contributed by atoms with van der Waals surface area (Å²) in [6.07, 6.45) is -2.10. The number of piperazine rings is 1. The van der Waals surface area contributed by atoms with Crippen LogP contribution >= 0.6 is 0 Å². The second-order valence-electron chi connectivity index (χ2n) is 5.67. The fourth-order valence-electron chi connectivity index (χ4n) is 2.99. The SMILES string of the molecule is CCCC[C@@H](c1ccc(F)cc1C(F)(F)F)N1CCNCC1. The van der Waals surface area contributed by atoms with E-state index in [1.54, 1.807) is 0 Å². The Balaban J connectivity index is 2.37. The molecule has 1 N–H and O–H groups in total. The summed E-state index contributed by atoms with van der Waals surface area (Å²) in [6, 6.07) is 2.75. The van der Waals surface area contributed by atoms with Crippen LogP contribution in [0.1, 0.15) is 43.4 Å². The van der Waals surface area contributed by atoms with E-state index in [0.29, 0.717) is 25.6 Å². The van der Waals surface area contributed by atoms with Crippen LogP contribution in [0.5, 0.6) is 0 Å². The maximum absolute atomic E-state index is 13.3. The van der Waals surface area contributed by atoms with Gasteiger partial charge in [0.25, 0.3) is 0 Å². The summed E-state index contributed by atoms with van der Waals surface area (Å²) < 4.78 is 53.2. The van der Waals surface area contributed by atoms with E-state index in [0.717, 1.165) is 32.0 Å². The van der Waals surface area contributed by atoms with Gasteiger partial charge in [-0.1, -0.05) is 25.8 Å². The molecule has 2 rings (SSSR count). The molecule has 1 aromatic carbocycles. The molecule has 0 radical (unpaired) electrons. The van der Waals surface area contributed by atoms with Crippen LogP contribution in [0.25, 0.3) is 0 Å². The smallest absolute Gasteiger partial charge is 0.314 e. The number of rotatable bonds is 5. The van der Waals surface area contributed by atoms with Crippen molar-refractivity contribution in [3.05, 3.63) is 35.1 Å². The predicted molar refractivity (Wildman–Crippen MR) is 78.1 cm³/mol. The second kappa shape index (κ2) is 7.42. The molecule has 0 spiro atoms. The molecular formula is C16H22F4N2. The van der Waals surface area contributed by atoms with Gasteiger partial charge in [0.15, 0.2) is 0 Å². The standard InChI is InChI=1S/C16H22F4N2/c1-2-3-4-15(22-9-7-21-8-10-22)13-6-5-12(17)11-14(13)16(18,19)20/h5-6,11,15,21H,2-4,7-10H2,1H3/t15-/m0/s1. The second-order valence-corrected chi connectivity index (χ2v) is 5.67. The molecule has 22 heavy (non-hydrogen) atoms. The van der Waals surface area contributed by atoms with Crippen LogP contribution in [-0.4, -0.2) is 31.1 Å². The average molecular weight is 318 g/mol. The first-order chi connectivity index (χ1) is 10.4. The van der Waals surface area contributed by atoms with Crippen LogP contribution in [0.2, 0.25) is 0 Å². The summed E-state index contributed by atoms with van der Waals surface area (Å²) in [4.78, 5) is 2.08. The highest BCUT2D eigenvalue weighted by Gasteiger charge is 2.37. The lowest BCUT2D eigenvalue weighted by molar-refractivity contribution is -0.139. The van der Waals surface area contributed by atoms with Gasteiger partial charge in [-0.2, -0.15) is 13.2 Å². The zero-order valence-corrected chi connectivity index (χ0v) is 12.7. The Bertz CT molecular complexity index is 482. The maximum atomic E-state index is 13.3. The van der Waals surface area contributed by atoms with Crippen molar-refractivity contribution in [1.82, 2.24) is 10.2 Å². The minimum Gasteiger partial charge on any atom is -0.314 e. The molecule has 2 nitrogen and oxygen atoms in total. The maximum Gasteiger partial charge on any atom is 0.416 e. The molecule has 0 aliphatic carbocycles. The van der Waals surface area contributed by atoms with Crippen molar-refractivity contribution in [2.75, 3.05) is 26.2 Å². The van der Waals surface area contributed by atoms with Gasteiger partial charge in [-0.3, -0.25) is 4.90 Å². The first-order valence-electron chi connectivity index (χ1n) is 7.75. The van der Waals surface area contributed by atoms with Crippen molar-refractivity contribution in [3.63, 3.8) is 0 Å². The highest BCUT2D eigenvalue weighted by molar-refractivity contribution is 5.33. The van der Waals surface area contributed by atoms with Gasteiger partial charge in [0.05, 0.1) is 5.56 Å². The lowest BCUT2D eigenvalue weighted by Gasteiger charge is -2.36. The van der Waals surface area contributed by atoms with Gasteiger partial charge < -0.3 is 5.32 Å². The number of nitrogens with one attached hydrogen (secondary N) is 1. The van der Waals surface area contributed by atoms with E-state index in [9.17, 15) is 17.6 Å². The average Bonchev–Trinajstić information content (AvgIpc) is 2.49. The Morgan fingerprint density at radius 2 is 1.91 bits per heavy atom. The molecule has 1 atom stereocenters. The topological polar surface area (TPSA) is 15.3 Å². The van der Waals surface area contributed by atoms with Crippen molar-refractivity contribution >= 4 is 0 Å². The number of nitrogens with zero attached hydrogens (tertiary/aromatic N) is 1. The molecule has 0 bridgehead atoms. The molecule has 0 aromatic heterocycles. The lowest BCUT2D eigenvalue weighted by Crippen LogP contribution is -2.45. The van der Waals surface area contributed by atoms with Gasteiger partial charge >= 0.3 is 6.18 Å². The number of halogens is 4. The van der Waals surface area contributed by atoms with Crippen LogP contribution in [0.15, 0.2) is 18.2 Å². The molecule has 1 aliphatic rings. The van der Waals surface area contributed by atoms with E-state index in [4.69, 9.17) is 0 Å². The number of unbranched alkanes of at least 4 members (excludes halogenated alkanes) is 1. The molecule has 1 aliphatic heterocycles. The van der Waals surface area contributed by atoms with E-state index in [1.165, 1.54) is 6.07 Å². The van der Waals surface area contributed by atoms with E-state index in [2.05, 4.69) is 10.2 Å². The monoisotopic (exact) mass is 318 g/mol. The Labute approximate surface area is 128 Å². The van der Waals surface area contributed by atoms with E-state index >= 15 is 0 Å². The molecule has 0 unspecified atom stereocenters. The van der Waals surface area contributed by atoms with Gasteiger partial charge in [0.1, 0.15) is 5.82 Å². The Hall–Kier alpha value is -1.14. The van der Waals surface area contributed by atoms with Crippen LogP contribution in [0.4, 0.5) is 17.6 Å². The van der Waals surface area contributed by atoms with E-state index in [-0.39, 0.29) is 11.6 Å². The Kier molecular flexibility index (Phi) is 5.81. The highest BCUT2D eigenvalue weighted by Crippen LogP contribution is 2.38. The fourth-order valence-corrected chi connectivity index (χ4v) is 2.99. The third-order valence-corrected chi connectivity index (χ3v) is 4.10. The molecule has 0 amide bonds. The Morgan fingerprint density at radius 3 is 2.50 bits per heavy atom.